The molecule has 0 radical (unpaired) electrons. The van der Waals surface area contributed by atoms with Gasteiger partial charge in [0.1, 0.15) is 5.71 Å². The lowest BCUT2D eigenvalue weighted by Crippen LogP contribution is -2.18. The Kier molecular flexibility index (Phi) is 3.62. The first-order valence-electron chi connectivity index (χ1n) is 6.55. The Labute approximate surface area is 127 Å². The minimum atomic E-state index is -0.979. The number of aliphatic carboxylic acids is 1. The Morgan fingerprint density at radius 2 is 1.81 bits per heavy atom. The van der Waals surface area contributed by atoms with E-state index in [1.54, 1.807) is 17.1 Å². The van der Waals surface area contributed by atoms with Crippen LogP contribution in [0, 0.1) is 0 Å². The van der Waals surface area contributed by atoms with E-state index in [2.05, 4.69) is 5.10 Å². The number of hydrazone groups is 1. The van der Waals surface area contributed by atoms with E-state index in [1.165, 1.54) is 0 Å². The average Bonchev–Trinajstić information content (AvgIpc) is 2.94. The van der Waals surface area contributed by atoms with Crippen LogP contribution in [0.2, 0.25) is 5.02 Å². The third kappa shape index (κ3) is 2.76. The molecule has 1 aliphatic rings. The fourth-order valence-electron chi connectivity index (χ4n) is 2.41. The third-order valence-electron chi connectivity index (χ3n) is 3.43. The van der Waals surface area contributed by atoms with Crippen LogP contribution in [0.25, 0.3) is 0 Å². The van der Waals surface area contributed by atoms with E-state index in [0.717, 1.165) is 11.3 Å². The number of benzene rings is 2. The second kappa shape index (κ2) is 5.58. The minimum Gasteiger partial charge on any atom is -0.477 e. The topological polar surface area (TPSA) is 52.9 Å². The standard InChI is InChI=1S/C16H13ClN2O2/c17-12-6-8-13(9-7-12)19-15(10-14(18-19)16(20)21)11-4-2-1-3-5-11/h1-9,15H,10H2,(H,20,21)/t15-/m1/s1. The molecule has 0 unspecified atom stereocenters. The highest BCUT2D eigenvalue weighted by Gasteiger charge is 2.32. The van der Waals surface area contributed by atoms with Gasteiger partial charge in [0.15, 0.2) is 0 Å². The van der Waals surface area contributed by atoms with Crippen molar-refractivity contribution >= 4 is 29.0 Å². The largest absolute Gasteiger partial charge is 0.477 e. The van der Waals surface area contributed by atoms with E-state index in [-0.39, 0.29) is 11.8 Å². The number of hydrogen-bond acceptors (Lipinski definition) is 3. The number of carbonyl (C=O) groups is 1. The molecule has 106 valence electrons. The van der Waals surface area contributed by atoms with E-state index in [4.69, 9.17) is 11.6 Å². The molecule has 5 heteroatoms. The maximum atomic E-state index is 11.2. The predicted molar refractivity (Wildman–Crippen MR) is 82.8 cm³/mol. The fourth-order valence-corrected chi connectivity index (χ4v) is 2.53. The molecule has 1 aliphatic heterocycles. The van der Waals surface area contributed by atoms with Gasteiger partial charge in [-0.3, -0.25) is 5.01 Å². The Balaban J connectivity index is 2.00. The molecule has 3 rings (SSSR count). The quantitative estimate of drug-likeness (QED) is 0.939. The van der Waals surface area contributed by atoms with E-state index in [9.17, 15) is 9.90 Å². The first kappa shape index (κ1) is 13.6. The molecule has 0 fully saturated rings. The molecule has 0 saturated carbocycles. The molecule has 0 saturated heterocycles. The highest BCUT2D eigenvalue weighted by Crippen LogP contribution is 2.35. The third-order valence-corrected chi connectivity index (χ3v) is 3.68. The van der Waals surface area contributed by atoms with Gasteiger partial charge < -0.3 is 5.11 Å². The average molecular weight is 301 g/mol. The zero-order valence-corrected chi connectivity index (χ0v) is 11.9. The summed E-state index contributed by atoms with van der Waals surface area (Å²) in [5.74, 6) is -0.979. The summed E-state index contributed by atoms with van der Waals surface area (Å²) in [5, 5.41) is 15.8. The van der Waals surface area contributed by atoms with Crippen LogP contribution in [-0.4, -0.2) is 16.8 Å². The van der Waals surface area contributed by atoms with E-state index in [1.807, 2.05) is 42.5 Å². The highest BCUT2D eigenvalue weighted by atomic mass is 35.5. The molecule has 4 nitrogen and oxygen atoms in total. The maximum Gasteiger partial charge on any atom is 0.352 e. The van der Waals surface area contributed by atoms with Crippen LogP contribution >= 0.6 is 11.6 Å². The zero-order chi connectivity index (χ0) is 14.8. The SMILES string of the molecule is O=C(O)C1=NN(c2ccc(Cl)cc2)[C@@H](c2ccccc2)C1. The molecular weight excluding hydrogens is 288 g/mol. The summed E-state index contributed by atoms with van der Waals surface area (Å²) in [6.07, 6.45) is 0.377. The normalized spacial score (nSPS) is 17.7. The van der Waals surface area contributed by atoms with Crippen LogP contribution in [0.3, 0.4) is 0 Å². The van der Waals surface area contributed by atoms with Crippen molar-refractivity contribution in [2.45, 2.75) is 12.5 Å². The molecule has 0 aliphatic carbocycles. The molecule has 1 atom stereocenters. The monoisotopic (exact) mass is 300 g/mol. The van der Waals surface area contributed by atoms with Gasteiger partial charge in [0.2, 0.25) is 0 Å². The second-order valence-corrected chi connectivity index (χ2v) is 5.24. The lowest BCUT2D eigenvalue weighted by atomic mass is 10.0. The van der Waals surface area contributed by atoms with Gasteiger partial charge in [-0.25, -0.2) is 4.79 Å². The molecule has 0 aromatic heterocycles. The first-order chi connectivity index (χ1) is 10.1. The van der Waals surface area contributed by atoms with E-state index in [0.29, 0.717) is 11.4 Å². The Morgan fingerprint density at radius 1 is 1.14 bits per heavy atom. The van der Waals surface area contributed by atoms with Crippen molar-refractivity contribution in [2.75, 3.05) is 5.01 Å². The number of rotatable bonds is 3. The van der Waals surface area contributed by atoms with Crippen LogP contribution in [0.15, 0.2) is 59.7 Å². The number of hydrogen-bond donors (Lipinski definition) is 1. The van der Waals surface area contributed by atoms with Gasteiger partial charge in [-0.05, 0) is 29.8 Å². The molecule has 0 spiro atoms. The van der Waals surface area contributed by atoms with Gasteiger partial charge in [0, 0.05) is 11.4 Å². The molecule has 21 heavy (non-hydrogen) atoms. The van der Waals surface area contributed by atoms with E-state index < -0.39 is 5.97 Å². The molecule has 1 heterocycles. The predicted octanol–water partition coefficient (Wildman–Crippen LogP) is 3.73. The van der Waals surface area contributed by atoms with Gasteiger partial charge in [-0.2, -0.15) is 5.10 Å². The maximum absolute atomic E-state index is 11.2. The second-order valence-electron chi connectivity index (χ2n) is 4.80. The fraction of sp³-hybridized carbons (Fsp3) is 0.125. The van der Waals surface area contributed by atoms with Crippen molar-refractivity contribution in [3.8, 4) is 0 Å². The number of carboxylic acids is 1. The molecule has 2 aromatic carbocycles. The highest BCUT2D eigenvalue weighted by molar-refractivity contribution is 6.36. The molecule has 1 N–H and O–H groups in total. The van der Waals surface area contributed by atoms with Crippen LogP contribution in [-0.2, 0) is 4.79 Å². The van der Waals surface area contributed by atoms with Crippen molar-refractivity contribution in [1.82, 2.24) is 0 Å². The molecule has 0 bridgehead atoms. The molecular formula is C16H13ClN2O2. The summed E-state index contributed by atoms with van der Waals surface area (Å²) >= 11 is 5.90. The van der Waals surface area contributed by atoms with Crippen LogP contribution in [0.5, 0.6) is 0 Å². The zero-order valence-electron chi connectivity index (χ0n) is 11.1. The minimum absolute atomic E-state index is 0.113. The Hall–Kier alpha value is -2.33. The van der Waals surface area contributed by atoms with Gasteiger partial charge in [0.25, 0.3) is 0 Å². The number of halogens is 1. The summed E-state index contributed by atoms with van der Waals surface area (Å²) in [5.41, 5.74) is 2.02. The molecule has 2 aromatic rings. The van der Waals surface area contributed by atoms with Gasteiger partial charge >= 0.3 is 5.97 Å². The molecule has 0 amide bonds. The van der Waals surface area contributed by atoms with Gasteiger partial charge in [-0.15, -0.1) is 0 Å². The van der Waals surface area contributed by atoms with Crippen molar-refractivity contribution < 1.29 is 9.90 Å². The number of anilines is 1. The Morgan fingerprint density at radius 3 is 2.43 bits per heavy atom. The first-order valence-corrected chi connectivity index (χ1v) is 6.93. The lowest BCUT2D eigenvalue weighted by Gasteiger charge is -2.23. The van der Waals surface area contributed by atoms with Crippen LogP contribution in [0.1, 0.15) is 18.0 Å². The summed E-state index contributed by atoms with van der Waals surface area (Å²) in [4.78, 5) is 11.2. The smallest absolute Gasteiger partial charge is 0.352 e. The van der Waals surface area contributed by atoms with Gasteiger partial charge in [-0.1, -0.05) is 41.9 Å². The van der Waals surface area contributed by atoms with Crippen molar-refractivity contribution in [3.05, 3.63) is 65.2 Å². The summed E-state index contributed by atoms with van der Waals surface area (Å²) in [6.45, 7) is 0. The van der Waals surface area contributed by atoms with Crippen molar-refractivity contribution in [3.63, 3.8) is 0 Å². The number of carboxylic acid groups (broad SMARTS) is 1. The van der Waals surface area contributed by atoms with Crippen LogP contribution in [0.4, 0.5) is 5.69 Å². The van der Waals surface area contributed by atoms with Gasteiger partial charge in [0.05, 0.1) is 11.7 Å². The summed E-state index contributed by atoms with van der Waals surface area (Å²) in [6, 6.07) is 16.9. The van der Waals surface area contributed by atoms with Crippen LogP contribution < -0.4 is 5.01 Å². The summed E-state index contributed by atoms with van der Waals surface area (Å²) in [7, 11) is 0. The van der Waals surface area contributed by atoms with Crippen molar-refractivity contribution in [1.29, 1.82) is 0 Å². The van der Waals surface area contributed by atoms with Crippen molar-refractivity contribution in [2.24, 2.45) is 5.10 Å². The Bertz CT molecular complexity index is 683. The summed E-state index contributed by atoms with van der Waals surface area (Å²) < 4.78 is 0. The number of nitrogens with zero attached hydrogens (tertiary/aromatic N) is 2. The van der Waals surface area contributed by atoms with E-state index >= 15 is 0 Å². The lowest BCUT2D eigenvalue weighted by molar-refractivity contribution is -0.129.